The van der Waals surface area contributed by atoms with Crippen molar-refractivity contribution in [3.63, 3.8) is 0 Å². The molecule has 0 saturated carbocycles. The van der Waals surface area contributed by atoms with Crippen LogP contribution in [0, 0.1) is 5.92 Å². The molecule has 16 heteroatoms. The van der Waals surface area contributed by atoms with Crippen molar-refractivity contribution in [2.75, 3.05) is 13.2 Å². The number of carbonyl (C=O) groups excluding carboxylic acids is 2. The van der Waals surface area contributed by atoms with Gasteiger partial charge < -0.3 is 24.4 Å². The van der Waals surface area contributed by atoms with Crippen molar-refractivity contribution in [3.8, 4) is 0 Å². The minimum atomic E-state index is -4.38. The largest absolute Gasteiger partial charge is 0.462 e. The van der Waals surface area contributed by atoms with Crippen molar-refractivity contribution in [2.24, 2.45) is 10.7 Å². The minimum absolute atomic E-state index is 0.0283. The van der Waals surface area contributed by atoms with E-state index in [0.29, 0.717) is 0 Å². The Morgan fingerprint density at radius 1 is 1.21 bits per heavy atom. The number of esters is 2. The van der Waals surface area contributed by atoms with E-state index < -0.39 is 86.7 Å². The molecule has 2 rings (SSSR count). The predicted molar refractivity (Wildman–Crippen MR) is 138 cm³/mol. The second kappa shape index (κ2) is 14.1. The van der Waals surface area contributed by atoms with Crippen LogP contribution in [-0.2, 0) is 32.9 Å². The Balaban J connectivity index is 2.35. The van der Waals surface area contributed by atoms with Gasteiger partial charge >= 0.3 is 25.3 Å². The summed E-state index contributed by atoms with van der Waals surface area (Å²) in [6, 6.07) is -0.111. The highest BCUT2D eigenvalue weighted by Crippen LogP contribution is 2.47. The lowest BCUT2D eigenvalue weighted by molar-refractivity contribution is -0.149. The summed E-state index contributed by atoms with van der Waals surface area (Å²) in [5.74, 6) is -2.56. The minimum Gasteiger partial charge on any atom is -0.462 e. The van der Waals surface area contributed by atoms with Crippen LogP contribution in [0.3, 0.4) is 0 Å². The van der Waals surface area contributed by atoms with E-state index in [2.05, 4.69) is 9.85 Å². The Kier molecular flexibility index (Phi) is 11.8. The van der Waals surface area contributed by atoms with Crippen molar-refractivity contribution >= 4 is 25.3 Å². The van der Waals surface area contributed by atoms with E-state index >= 15 is 0 Å². The highest BCUT2D eigenvalue weighted by atomic mass is 31.2. The summed E-state index contributed by atoms with van der Waals surface area (Å²) in [5, 5.41) is 23.1. The van der Waals surface area contributed by atoms with Crippen LogP contribution in [0.5, 0.6) is 0 Å². The van der Waals surface area contributed by atoms with E-state index in [0.717, 1.165) is 16.8 Å². The van der Waals surface area contributed by atoms with Crippen LogP contribution in [0.4, 0.5) is 0 Å². The van der Waals surface area contributed by atoms with Crippen LogP contribution in [0.1, 0.15) is 54.2 Å². The third-order valence-corrected chi connectivity index (χ3v) is 7.22. The zero-order valence-corrected chi connectivity index (χ0v) is 23.6. The number of rotatable bonds is 13. The zero-order valence-electron chi connectivity index (χ0n) is 22.7. The summed E-state index contributed by atoms with van der Waals surface area (Å²) in [6.45, 7) is 8.37. The van der Waals surface area contributed by atoms with E-state index in [-0.39, 0.29) is 12.1 Å². The van der Waals surface area contributed by atoms with Crippen molar-refractivity contribution in [2.45, 2.75) is 84.6 Å². The van der Waals surface area contributed by atoms with Gasteiger partial charge in [-0.3, -0.25) is 23.7 Å². The molecule has 0 amide bonds. The lowest BCUT2D eigenvalue weighted by atomic mass is 9.99. The maximum Gasteiger partial charge on any atom is 0.388 e. The normalized spacial score (nSPS) is 24.0. The number of nitrogens with one attached hydrogen (secondary N) is 2. The number of aliphatic hydroxyl groups excluding tert-OH is 2. The number of nitrogens with zero attached hydrogens (tertiary/aromatic N) is 2. The molecule has 15 nitrogen and oxygen atoms in total. The number of aromatic nitrogens is 2. The van der Waals surface area contributed by atoms with Crippen molar-refractivity contribution in [1.29, 1.82) is 0 Å². The van der Waals surface area contributed by atoms with Gasteiger partial charge in [-0.05, 0) is 41.0 Å². The number of ether oxygens (including phenoxy) is 3. The van der Waals surface area contributed by atoms with Gasteiger partial charge in [0.1, 0.15) is 17.9 Å². The average Bonchev–Trinajstić information content (AvgIpc) is 3.15. The van der Waals surface area contributed by atoms with Gasteiger partial charge in [-0.2, -0.15) is 4.76 Å². The summed E-state index contributed by atoms with van der Waals surface area (Å²) in [5.41, 5.74) is -1.72. The quantitative estimate of drug-likeness (QED) is 0.142. The van der Waals surface area contributed by atoms with Crippen molar-refractivity contribution in [3.05, 3.63) is 33.1 Å². The first-order valence-electron chi connectivity index (χ1n) is 12.5. The lowest BCUT2D eigenvalue weighted by Gasteiger charge is -2.24. The zero-order chi connectivity index (χ0) is 29.5. The van der Waals surface area contributed by atoms with E-state index in [1.54, 1.807) is 34.6 Å². The summed E-state index contributed by atoms with van der Waals surface area (Å²) in [7, 11) is -4.38. The molecule has 2 heterocycles. The maximum atomic E-state index is 13.8. The van der Waals surface area contributed by atoms with Gasteiger partial charge in [0.15, 0.2) is 6.23 Å². The molecule has 6 atom stereocenters. The molecule has 0 spiro atoms. The molecular weight excluding hydrogens is 539 g/mol. The Bertz CT molecular complexity index is 1200. The second-order valence-electron chi connectivity index (χ2n) is 9.43. The molecule has 0 aliphatic carbocycles. The molecule has 6 unspecified atom stereocenters. The lowest BCUT2D eigenvalue weighted by Crippen LogP contribution is -2.37. The molecule has 1 aliphatic heterocycles. The monoisotopic (exact) mass is 576 g/mol. The number of carbonyl (C=O) groups is 2. The van der Waals surface area contributed by atoms with Gasteiger partial charge in [0.2, 0.25) is 0 Å². The first kappa shape index (κ1) is 32.5. The number of H-pyrrole nitrogens is 1. The van der Waals surface area contributed by atoms with E-state index in [1.165, 1.54) is 6.92 Å². The van der Waals surface area contributed by atoms with E-state index in [4.69, 9.17) is 18.7 Å². The third-order valence-electron chi connectivity index (χ3n) is 5.50. The molecule has 0 radical (unpaired) electrons. The molecule has 1 aromatic rings. The fourth-order valence-corrected chi connectivity index (χ4v) is 5.31. The average molecular weight is 577 g/mol. The topological polar surface area (TPSA) is 208 Å². The fraction of sp³-hybridized carbons (Fsp3) is 0.696. The molecule has 4 N–H and O–H groups in total. The highest BCUT2D eigenvalue weighted by Gasteiger charge is 2.46. The maximum absolute atomic E-state index is 13.8. The summed E-state index contributed by atoms with van der Waals surface area (Å²) >= 11 is 0. The van der Waals surface area contributed by atoms with Crippen LogP contribution < -0.4 is 16.3 Å². The van der Waals surface area contributed by atoms with Crippen LogP contribution in [0.25, 0.3) is 0 Å². The van der Waals surface area contributed by atoms with Gasteiger partial charge in [-0.15, -0.1) is 0 Å². The first-order valence-corrected chi connectivity index (χ1v) is 14.1. The van der Waals surface area contributed by atoms with E-state index in [1.807, 2.05) is 4.98 Å². The molecule has 0 bridgehead atoms. The van der Waals surface area contributed by atoms with Gasteiger partial charge in [-0.1, -0.05) is 6.92 Å². The molecule has 220 valence electrons. The fourth-order valence-electron chi connectivity index (χ4n) is 3.64. The standard InChI is InChI=1S/C23H37N4O11P/c1-7-16(22(32)37-13(4)5)26-39(34,25-14(6)21(31)36-12(2)3)35-11-17-15(10-28)19(30)20(38-17)27-9-8-18(29)24-23(27)33/h8-9,12-15,17,19-20,28,30H,7,10-11H2,1-6H3,(H,25,34)(H,24,29,33). The van der Waals surface area contributed by atoms with Crippen molar-refractivity contribution < 1.29 is 43.1 Å². The summed E-state index contributed by atoms with van der Waals surface area (Å²) in [6.07, 6.45) is -3.60. The second-order valence-corrected chi connectivity index (χ2v) is 11.2. The predicted octanol–water partition coefficient (Wildman–Crippen LogP) is 0.260. The molecule has 1 aromatic heterocycles. The number of aromatic amines is 1. The van der Waals surface area contributed by atoms with Crippen molar-refractivity contribution in [1.82, 2.24) is 14.6 Å². The molecular formula is C23H37N4O11P. The SMILES string of the molecule is CCC(=NP(=O)(NC(C)C(=O)OC(C)C)OCC1OC(n2ccc(=O)[nH]c2=O)C(O)C1CO)C(=O)OC(C)C. The third kappa shape index (κ3) is 8.92. The Labute approximate surface area is 225 Å². The first-order chi connectivity index (χ1) is 18.2. The number of hydrogen-bond acceptors (Lipinski definition) is 11. The van der Waals surface area contributed by atoms with Crippen LogP contribution in [0.2, 0.25) is 0 Å². The highest BCUT2D eigenvalue weighted by molar-refractivity contribution is 7.55. The number of aliphatic hydroxyl groups is 2. The Morgan fingerprint density at radius 2 is 1.85 bits per heavy atom. The van der Waals surface area contributed by atoms with E-state index in [9.17, 15) is 34.0 Å². The van der Waals surface area contributed by atoms with Gasteiger partial charge in [0.05, 0.1) is 31.5 Å². The molecule has 1 aliphatic rings. The molecule has 39 heavy (non-hydrogen) atoms. The Morgan fingerprint density at radius 3 is 2.38 bits per heavy atom. The van der Waals surface area contributed by atoms with Crippen LogP contribution >= 0.6 is 7.67 Å². The molecule has 1 fully saturated rings. The van der Waals surface area contributed by atoms with Gasteiger partial charge in [0, 0.05) is 18.2 Å². The number of hydrogen-bond donors (Lipinski definition) is 4. The van der Waals surface area contributed by atoms with Gasteiger partial charge in [-0.25, -0.2) is 19.2 Å². The van der Waals surface area contributed by atoms with Crippen LogP contribution in [0.15, 0.2) is 26.6 Å². The molecule has 0 aromatic carbocycles. The Hall–Kier alpha value is -2.68. The molecule has 1 saturated heterocycles. The summed E-state index contributed by atoms with van der Waals surface area (Å²) in [4.78, 5) is 50.5. The smallest absolute Gasteiger partial charge is 0.388 e. The summed E-state index contributed by atoms with van der Waals surface area (Å²) < 4.78 is 40.4. The van der Waals surface area contributed by atoms with Crippen LogP contribution in [-0.4, -0.2) is 81.1 Å². The van der Waals surface area contributed by atoms with Gasteiger partial charge in [0.25, 0.3) is 5.56 Å².